The molecule has 1 aliphatic heterocycles. The van der Waals surface area contributed by atoms with E-state index in [1.54, 1.807) is 28.4 Å². The van der Waals surface area contributed by atoms with Crippen molar-refractivity contribution in [2.75, 3.05) is 20.2 Å². The molecule has 0 aliphatic carbocycles. The highest BCUT2D eigenvalue weighted by molar-refractivity contribution is 5.74. The molecule has 9 heteroatoms. The number of ether oxygens (including phenoxy) is 2. The molecule has 6 nitrogen and oxygen atoms in total. The molecule has 0 N–H and O–H groups in total. The quantitative estimate of drug-likeness (QED) is 0.627. The van der Waals surface area contributed by atoms with Crippen molar-refractivity contribution in [2.45, 2.75) is 26.4 Å². The van der Waals surface area contributed by atoms with Crippen LogP contribution in [0.1, 0.15) is 24.0 Å². The summed E-state index contributed by atoms with van der Waals surface area (Å²) in [5.41, 5.74) is 2.45. The molecule has 0 spiro atoms. The van der Waals surface area contributed by atoms with Crippen LogP contribution in [-0.2, 0) is 4.79 Å². The third kappa shape index (κ3) is 3.44. The molecule has 1 amide bonds. The zero-order valence-corrected chi connectivity index (χ0v) is 16.7. The summed E-state index contributed by atoms with van der Waals surface area (Å²) in [4.78, 5) is 17.4. The van der Waals surface area contributed by atoms with E-state index in [9.17, 15) is 18.0 Å². The lowest BCUT2D eigenvalue weighted by Gasteiger charge is -2.39. The van der Waals surface area contributed by atoms with Crippen LogP contribution in [0.2, 0.25) is 0 Å². The van der Waals surface area contributed by atoms with Crippen LogP contribution in [0.15, 0.2) is 30.6 Å². The molecule has 158 valence electrons. The molecule has 0 unspecified atom stereocenters. The molecule has 0 atom stereocenters. The number of carbonyl (C=O) groups excluding carboxylic acids is 1. The predicted molar refractivity (Wildman–Crippen MR) is 104 cm³/mol. The minimum Gasteiger partial charge on any atom is -0.496 e. The molecule has 3 heterocycles. The topological polar surface area (TPSA) is 56.1 Å². The normalized spacial score (nSPS) is 14.3. The number of amides is 1. The molecule has 0 bridgehead atoms. The Morgan fingerprint density at radius 3 is 2.57 bits per heavy atom. The average molecular weight is 419 g/mol. The predicted octanol–water partition coefficient (Wildman–Crippen LogP) is 4.00. The van der Waals surface area contributed by atoms with Crippen LogP contribution in [-0.4, -0.2) is 47.0 Å². The highest BCUT2D eigenvalue weighted by atomic mass is 19.3. The number of carbonyl (C=O) groups is 1. The first-order chi connectivity index (χ1) is 14.3. The van der Waals surface area contributed by atoms with Crippen LogP contribution in [0.4, 0.5) is 13.2 Å². The number of nitrogens with zero attached hydrogens (tertiary/aromatic N) is 3. The van der Waals surface area contributed by atoms with Crippen LogP contribution >= 0.6 is 0 Å². The number of fused-ring (bicyclic) bond motifs is 1. The van der Waals surface area contributed by atoms with Crippen molar-refractivity contribution in [1.82, 2.24) is 14.3 Å². The molecule has 1 aliphatic rings. The average Bonchev–Trinajstić information content (AvgIpc) is 3.04. The second-order valence-electron chi connectivity index (χ2n) is 7.25. The van der Waals surface area contributed by atoms with Gasteiger partial charge in [0.1, 0.15) is 23.0 Å². The summed E-state index contributed by atoms with van der Waals surface area (Å²) in [7, 11) is 1.43. The van der Waals surface area contributed by atoms with Crippen LogP contribution in [0.5, 0.6) is 11.5 Å². The van der Waals surface area contributed by atoms with Crippen molar-refractivity contribution in [3.8, 4) is 22.8 Å². The summed E-state index contributed by atoms with van der Waals surface area (Å²) >= 11 is 0. The van der Waals surface area contributed by atoms with Crippen molar-refractivity contribution in [3.05, 3.63) is 47.5 Å². The Bertz CT molecular complexity index is 1120. The van der Waals surface area contributed by atoms with Crippen molar-refractivity contribution < 1.29 is 27.4 Å². The summed E-state index contributed by atoms with van der Waals surface area (Å²) in [5.74, 6) is -0.187. The lowest BCUT2D eigenvalue weighted by atomic mass is 9.91. The molecular formula is C21H20F3N3O3. The third-order valence-corrected chi connectivity index (χ3v) is 5.44. The number of likely N-dealkylation sites (tertiary alicyclic amines) is 1. The van der Waals surface area contributed by atoms with Gasteiger partial charge in [0.15, 0.2) is 0 Å². The van der Waals surface area contributed by atoms with E-state index in [1.165, 1.54) is 32.5 Å². The maximum atomic E-state index is 14.9. The molecule has 1 saturated heterocycles. The van der Waals surface area contributed by atoms with Gasteiger partial charge >= 0.3 is 6.61 Å². The highest BCUT2D eigenvalue weighted by Gasteiger charge is 2.32. The molecule has 3 aromatic rings. The summed E-state index contributed by atoms with van der Waals surface area (Å²) in [5, 5.41) is 0. The molecular weight excluding hydrogens is 399 g/mol. The summed E-state index contributed by atoms with van der Waals surface area (Å²) in [6.45, 7) is 1.06. The molecule has 1 aromatic carbocycles. The fraction of sp³-hybridized carbons (Fsp3) is 0.333. The second kappa shape index (κ2) is 7.55. The molecule has 1 fully saturated rings. The minimum absolute atomic E-state index is 0.0230. The summed E-state index contributed by atoms with van der Waals surface area (Å²) < 4.78 is 51.9. The van der Waals surface area contributed by atoms with E-state index >= 15 is 0 Å². The van der Waals surface area contributed by atoms with E-state index in [1.807, 2.05) is 0 Å². The van der Waals surface area contributed by atoms with E-state index in [4.69, 9.17) is 4.74 Å². The lowest BCUT2D eigenvalue weighted by Crippen LogP contribution is -2.47. The largest absolute Gasteiger partial charge is 0.496 e. The molecule has 0 radical (unpaired) electrons. The fourth-order valence-corrected chi connectivity index (χ4v) is 3.71. The maximum Gasteiger partial charge on any atom is 0.387 e. The Labute approximate surface area is 170 Å². The third-order valence-electron chi connectivity index (χ3n) is 5.44. The Morgan fingerprint density at radius 1 is 1.23 bits per heavy atom. The van der Waals surface area contributed by atoms with Gasteiger partial charge in [0, 0.05) is 43.3 Å². The van der Waals surface area contributed by atoms with Crippen molar-refractivity contribution in [1.29, 1.82) is 0 Å². The monoisotopic (exact) mass is 419 g/mol. The maximum absolute atomic E-state index is 14.9. The van der Waals surface area contributed by atoms with Crippen LogP contribution < -0.4 is 9.47 Å². The van der Waals surface area contributed by atoms with Gasteiger partial charge in [-0.05, 0) is 30.7 Å². The highest BCUT2D eigenvalue weighted by Crippen LogP contribution is 2.36. The van der Waals surface area contributed by atoms with Crippen molar-refractivity contribution in [3.63, 3.8) is 0 Å². The van der Waals surface area contributed by atoms with Crippen LogP contribution in [0, 0.1) is 12.7 Å². The number of imidazole rings is 1. The molecule has 30 heavy (non-hydrogen) atoms. The van der Waals surface area contributed by atoms with Gasteiger partial charge < -0.3 is 14.4 Å². The first-order valence-electron chi connectivity index (χ1n) is 9.34. The van der Waals surface area contributed by atoms with Gasteiger partial charge in [-0.2, -0.15) is 8.78 Å². The summed E-state index contributed by atoms with van der Waals surface area (Å²) in [6.07, 6.45) is 2.86. The van der Waals surface area contributed by atoms with Crippen LogP contribution in [0.3, 0.4) is 0 Å². The van der Waals surface area contributed by atoms with Crippen molar-refractivity contribution >= 4 is 11.6 Å². The van der Waals surface area contributed by atoms with E-state index in [2.05, 4.69) is 9.72 Å². The van der Waals surface area contributed by atoms with Crippen molar-refractivity contribution in [2.24, 2.45) is 0 Å². The fourth-order valence-electron chi connectivity index (χ4n) is 3.71. The van der Waals surface area contributed by atoms with Gasteiger partial charge in [-0.1, -0.05) is 0 Å². The van der Waals surface area contributed by atoms with Gasteiger partial charge in [0.25, 0.3) is 0 Å². The SMILES string of the molecule is COc1cc(-c2cnc3cc(C4CN(C(C)=O)C4)c(F)cn23)cc(OC(F)F)c1C. The van der Waals surface area contributed by atoms with Gasteiger partial charge in [-0.3, -0.25) is 9.20 Å². The Morgan fingerprint density at radius 2 is 1.93 bits per heavy atom. The van der Waals surface area contributed by atoms with E-state index in [-0.39, 0.29) is 17.6 Å². The van der Waals surface area contributed by atoms with Gasteiger partial charge in [0.2, 0.25) is 5.91 Å². The number of hydrogen-bond donors (Lipinski definition) is 0. The first-order valence-corrected chi connectivity index (χ1v) is 9.34. The number of hydrogen-bond acceptors (Lipinski definition) is 4. The van der Waals surface area contributed by atoms with E-state index in [0.29, 0.717) is 46.9 Å². The Balaban J connectivity index is 1.74. The first kappa shape index (κ1) is 20.1. The number of benzene rings is 1. The minimum atomic E-state index is -2.98. The zero-order chi connectivity index (χ0) is 21.6. The molecule has 2 aromatic heterocycles. The van der Waals surface area contributed by atoms with Crippen LogP contribution in [0.25, 0.3) is 16.9 Å². The van der Waals surface area contributed by atoms with E-state index < -0.39 is 12.4 Å². The van der Waals surface area contributed by atoms with E-state index in [0.717, 1.165) is 0 Å². The van der Waals surface area contributed by atoms with Gasteiger partial charge in [0.05, 0.1) is 19.0 Å². The lowest BCUT2D eigenvalue weighted by molar-refractivity contribution is -0.133. The Hall–Kier alpha value is -3.23. The number of aromatic nitrogens is 2. The van der Waals surface area contributed by atoms with Gasteiger partial charge in [-0.25, -0.2) is 9.37 Å². The smallest absolute Gasteiger partial charge is 0.387 e. The van der Waals surface area contributed by atoms with Gasteiger partial charge in [-0.15, -0.1) is 0 Å². The second-order valence-corrected chi connectivity index (χ2v) is 7.25. The Kier molecular flexibility index (Phi) is 5.05. The molecule has 0 saturated carbocycles. The number of rotatable bonds is 5. The number of halogens is 3. The number of pyridine rings is 1. The zero-order valence-electron chi connectivity index (χ0n) is 16.7. The number of alkyl halides is 2. The number of methoxy groups -OCH3 is 1. The molecule has 4 rings (SSSR count). The summed E-state index contributed by atoms with van der Waals surface area (Å²) in [6, 6.07) is 4.78. The standard InChI is InChI=1S/C21H20F3N3O3/c1-11-18(29-3)4-13(5-19(11)30-21(23)24)17-7-25-20-6-15(16(22)10-27(17)20)14-8-26(9-14)12(2)28/h4-7,10,14,21H,8-9H2,1-3H3.